The third-order valence-electron chi connectivity index (χ3n) is 3.37. The Labute approximate surface area is 116 Å². The average molecular weight is 276 g/mol. The van der Waals surface area contributed by atoms with Crippen molar-refractivity contribution in [2.24, 2.45) is 11.7 Å². The summed E-state index contributed by atoms with van der Waals surface area (Å²) in [5, 5.41) is 11.3. The fraction of sp³-hybridized carbons (Fsp3) is 0.357. The smallest absolute Gasteiger partial charge is 0.326 e. The van der Waals surface area contributed by atoms with Crippen LogP contribution in [0.1, 0.15) is 24.3 Å². The summed E-state index contributed by atoms with van der Waals surface area (Å²) in [6.07, 6.45) is 0.294. The number of carbonyl (C=O) groups excluding carboxylic acids is 2. The lowest BCUT2D eigenvalue weighted by atomic mass is 10.1. The van der Waals surface area contributed by atoms with Gasteiger partial charge in [0.25, 0.3) is 0 Å². The third kappa shape index (κ3) is 3.34. The maximum atomic E-state index is 12.0. The standard InChI is InChI=1S/C14H16N2O4/c15-12(17)7-11(14(19)20)16-13(18)10-6-9(10)8-4-2-1-3-5-8/h1-5,9-11H,6-7H2,(H2,15,17)(H,16,18)(H,19,20)/t9?,10?,11-/m1/s1. The predicted molar refractivity (Wildman–Crippen MR) is 70.7 cm³/mol. The van der Waals surface area contributed by atoms with Gasteiger partial charge in [-0.05, 0) is 17.9 Å². The number of rotatable bonds is 6. The molecule has 2 unspecified atom stereocenters. The van der Waals surface area contributed by atoms with E-state index in [2.05, 4.69) is 5.32 Å². The minimum Gasteiger partial charge on any atom is -0.480 e. The lowest BCUT2D eigenvalue weighted by Gasteiger charge is -2.12. The normalized spacial score (nSPS) is 21.8. The van der Waals surface area contributed by atoms with Gasteiger partial charge in [0.2, 0.25) is 11.8 Å². The molecule has 4 N–H and O–H groups in total. The quantitative estimate of drug-likeness (QED) is 0.691. The molecule has 106 valence electrons. The molecular formula is C14H16N2O4. The van der Waals surface area contributed by atoms with Crippen LogP contribution in [0.25, 0.3) is 0 Å². The number of hydrogen-bond acceptors (Lipinski definition) is 3. The zero-order valence-electron chi connectivity index (χ0n) is 10.8. The fourth-order valence-electron chi connectivity index (χ4n) is 2.23. The van der Waals surface area contributed by atoms with E-state index in [1.165, 1.54) is 0 Å². The molecule has 1 fully saturated rings. The van der Waals surface area contributed by atoms with Crippen molar-refractivity contribution in [3.63, 3.8) is 0 Å². The zero-order valence-corrected chi connectivity index (χ0v) is 10.8. The van der Waals surface area contributed by atoms with E-state index in [0.29, 0.717) is 6.42 Å². The maximum Gasteiger partial charge on any atom is 0.326 e. The van der Waals surface area contributed by atoms with E-state index in [1.54, 1.807) is 0 Å². The van der Waals surface area contributed by atoms with Crippen LogP contribution in [-0.4, -0.2) is 28.9 Å². The first-order chi connectivity index (χ1) is 9.49. The summed E-state index contributed by atoms with van der Waals surface area (Å²) in [6, 6.07) is 8.32. The predicted octanol–water partition coefficient (Wildman–Crippen LogP) is 0.235. The van der Waals surface area contributed by atoms with Crippen LogP contribution in [0.2, 0.25) is 0 Å². The molecule has 1 aromatic rings. The van der Waals surface area contributed by atoms with E-state index in [0.717, 1.165) is 5.56 Å². The number of aliphatic carboxylic acids is 1. The molecule has 0 radical (unpaired) electrons. The number of carboxylic acid groups (broad SMARTS) is 1. The molecule has 3 atom stereocenters. The lowest BCUT2D eigenvalue weighted by Crippen LogP contribution is -2.44. The van der Waals surface area contributed by atoms with E-state index >= 15 is 0 Å². The van der Waals surface area contributed by atoms with Crippen molar-refractivity contribution in [3.05, 3.63) is 35.9 Å². The SMILES string of the molecule is NC(=O)C[C@@H](NC(=O)C1CC1c1ccccc1)C(=O)O. The average Bonchev–Trinajstić information content (AvgIpc) is 3.18. The van der Waals surface area contributed by atoms with Gasteiger partial charge in [-0.15, -0.1) is 0 Å². The molecule has 2 rings (SSSR count). The van der Waals surface area contributed by atoms with E-state index < -0.39 is 24.3 Å². The van der Waals surface area contributed by atoms with Crippen molar-refractivity contribution in [3.8, 4) is 0 Å². The number of benzene rings is 1. The Morgan fingerprint density at radius 3 is 2.50 bits per heavy atom. The molecule has 1 aliphatic rings. The van der Waals surface area contributed by atoms with Gasteiger partial charge in [-0.1, -0.05) is 30.3 Å². The van der Waals surface area contributed by atoms with Crippen molar-refractivity contribution in [2.45, 2.75) is 24.8 Å². The molecule has 1 aromatic carbocycles. The van der Waals surface area contributed by atoms with Gasteiger partial charge in [0, 0.05) is 5.92 Å². The van der Waals surface area contributed by atoms with Gasteiger partial charge in [0.15, 0.2) is 0 Å². The van der Waals surface area contributed by atoms with Gasteiger partial charge in [-0.2, -0.15) is 0 Å². The van der Waals surface area contributed by atoms with Crippen molar-refractivity contribution in [1.82, 2.24) is 5.32 Å². The van der Waals surface area contributed by atoms with Gasteiger partial charge >= 0.3 is 5.97 Å². The summed E-state index contributed by atoms with van der Waals surface area (Å²) in [6.45, 7) is 0. The van der Waals surface area contributed by atoms with Crippen LogP contribution in [0.5, 0.6) is 0 Å². The van der Waals surface area contributed by atoms with Crippen LogP contribution in [-0.2, 0) is 14.4 Å². The van der Waals surface area contributed by atoms with Crippen LogP contribution < -0.4 is 11.1 Å². The highest BCUT2D eigenvalue weighted by Gasteiger charge is 2.44. The minimum absolute atomic E-state index is 0.124. The number of carboxylic acids is 1. The summed E-state index contributed by atoms with van der Waals surface area (Å²) in [5.74, 6) is -2.46. The van der Waals surface area contributed by atoms with Crippen LogP contribution in [0.4, 0.5) is 0 Å². The molecular weight excluding hydrogens is 260 g/mol. The summed E-state index contributed by atoms with van der Waals surface area (Å²) in [7, 11) is 0. The number of carbonyl (C=O) groups is 3. The molecule has 6 heteroatoms. The largest absolute Gasteiger partial charge is 0.480 e. The fourth-order valence-corrected chi connectivity index (χ4v) is 2.23. The van der Waals surface area contributed by atoms with Crippen LogP contribution >= 0.6 is 0 Å². The van der Waals surface area contributed by atoms with Crippen molar-refractivity contribution < 1.29 is 19.5 Å². The highest BCUT2D eigenvalue weighted by molar-refractivity contribution is 5.90. The van der Waals surface area contributed by atoms with E-state index in [-0.39, 0.29) is 17.7 Å². The number of nitrogens with one attached hydrogen (secondary N) is 1. The molecule has 0 aromatic heterocycles. The lowest BCUT2D eigenvalue weighted by molar-refractivity contribution is -0.143. The van der Waals surface area contributed by atoms with Gasteiger partial charge in [0.05, 0.1) is 6.42 Å². The highest BCUT2D eigenvalue weighted by Crippen LogP contribution is 2.47. The molecule has 0 spiro atoms. The maximum absolute atomic E-state index is 12.0. The van der Waals surface area contributed by atoms with Crippen molar-refractivity contribution >= 4 is 17.8 Å². The number of nitrogens with two attached hydrogens (primary N) is 1. The first kappa shape index (κ1) is 14.0. The van der Waals surface area contributed by atoms with Gasteiger partial charge in [-0.3, -0.25) is 9.59 Å². The monoisotopic (exact) mass is 276 g/mol. The van der Waals surface area contributed by atoms with E-state index in [1.807, 2.05) is 30.3 Å². The molecule has 2 amide bonds. The minimum atomic E-state index is -1.26. The van der Waals surface area contributed by atoms with Crippen molar-refractivity contribution in [2.75, 3.05) is 0 Å². The molecule has 6 nitrogen and oxygen atoms in total. The van der Waals surface area contributed by atoms with Gasteiger partial charge < -0.3 is 16.2 Å². The molecule has 0 saturated heterocycles. The first-order valence-corrected chi connectivity index (χ1v) is 6.35. The molecule has 0 aliphatic heterocycles. The Morgan fingerprint density at radius 2 is 1.95 bits per heavy atom. The highest BCUT2D eigenvalue weighted by atomic mass is 16.4. The number of amides is 2. The number of primary amides is 1. The zero-order chi connectivity index (χ0) is 14.7. The van der Waals surface area contributed by atoms with Crippen LogP contribution in [0.3, 0.4) is 0 Å². The molecule has 20 heavy (non-hydrogen) atoms. The summed E-state index contributed by atoms with van der Waals surface area (Å²) < 4.78 is 0. The Morgan fingerprint density at radius 1 is 1.30 bits per heavy atom. The van der Waals surface area contributed by atoms with E-state index in [4.69, 9.17) is 10.8 Å². The number of hydrogen-bond donors (Lipinski definition) is 3. The second-order valence-corrected chi connectivity index (χ2v) is 4.93. The second kappa shape index (κ2) is 5.73. The first-order valence-electron chi connectivity index (χ1n) is 6.35. The summed E-state index contributed by atoms with van der Waals surface area (Å²) in [5.41, 5.74) is 6.03. The molecule has 0 bridgehead atoms. The van der Waals surface area contributed by atoms with Crippen LogP contribution in [0, 0.1) is 5.92 Å². The van der Waals surface area contributed by atoms with Crippen LogP contribution in [0.15, 0.2) is 30.3 Å². The molecule has 0 heterocycles. The summed E-state index contributed by atoms with van der Waals surface area (Å²) >= 11 is 0. The molecule has 1 aliphatic carbocycles. The topological polar surface area (TPSA) is 109 Å². The Kier molecular flexibility index (Phi) is 4.02. The Balaban J connectivity index is 1.93. The van der Waals surface area contributed by atoms with E-state index in [9.17, 15) is 14.4 Å². The van der Waals surface area contributed by atoms with Gasteiger partial charge in [-0.25, -0.2) is 4.79 Å². The Hall–Kier alpha value is -2.37. The van der Waals surface area contributed by atoms with Gasteiger partial charge in [0.1, 0.15) is 6.04 Å². The Bertz CT molecular complexity index is 529. The second-order valence-electron chi connectivity index (χ2n) is 4.93. The molecule has 1 saturated carbocycles. The van der Waals surface area contributed by atoms with Crippen molar-refractivity contribution in [1.29, 1.82) is 0 Å². The summed E-state index contributed by atoms with van der Waals surface area (Å²) in [4.78, 5) is 33.7. The third-order valence-corrected chi connectivity index (χ3v) is 3.37.